The summed E-state index contributed by atoms with van der Waals surface area (Å²) in [6, 6.07) is 2.36. The zero-order valence-electron chi connectivity index (χ0n) is 9.75. The Kier molecular flexibility index (Phi) is 3.28. The van der Waals surface area contributed by atoms with E-state index in [-0.39, 0.29) is 11.9 Å². The average molecular weight is 259 g/mol. The molecule has 0 bridgehead atoms. The van der Waals surface area contributed by atoms with E-state index >= 15 is 0 Å². The third kappa shape index (κ3) is 2.47. The van der Waals surface area contributed by atoms with E-state index in [1.807, 2.05) is 0 Å². The fourth-order valence-electron chi connectivity index (χ4n) is 2.14. The van der Waals surface area contributed by atoms with Gasteiger partial charge in [-0.25, -0.2) is 4.98 Å². The van der Waals surface area contributed by atoms with Gasteiger partial charge in [0.15, 0.2) is 0 Å². The van der Waals surface area contributed by atoms with Crippen LogP contribution < -0.4 is 0 Å². The molecule has 2 rings (SSSR count). The van der Waals surface area contributed by atoms with Gasteiger partial charge in [0.2, 0.25) is 0 Å². The maximum absolute atomic E-state index is 12.5. The molecule has 0 saturated heterocycles. The van der Waals surface area contributed by atoms with E-state index in [4.69, 9.17) is 0 Å². The number of methoxy groups -OCH3 is 1. The first-order valence-electron chi connectivity index (χ1n) is 5.55. The van der Waals surface area contributed by atoms with Crippen molar-refractivity contribution in [2.75, 3.05) is 7.11 Å². The van der Waals surface area contributed by atoms with Crippen LogP contribution in [0, 0.1) is 5.92 Å². The van der Waals surface area contributed by atoms with E-state index in [0.29, 0.717) is 30.5 Å². The minimum atomic E-state index is -4.42. The lowest BCUT2D eigenvalue weighted by Crippen LogP contribution is -2.25. The van der Waals surface area contributed by atoms with Crippen molar-refractivity contribution in [3.05, 3.63) is 29.1 Å². The van der Waals surface area contributed by atoms with Gasteiger partial charge >= 0.3 is 12.1 Å². The van der Waals surface area contributed by atoms with Crippen molar-refractivity contribution in [1.82, 2.24) is 4.98 Å². The molecular formula is C12H12F3NO2. The maximum atomic E-state index is 12.5. The molecule has 1 aromatic rings. The number of carbonyl (C=O) groups excluding carboxylic acids is 1. The van der Waals surface area contributed by atoms with Crippen molar-refractivity contribution >= 4 is 5.97 Å². The quantitative estimate of drug-likeness (QED) is 0.727. The Balaban J connectivity index is 2.24. The smallest absolute Gasteiger partial charge is 0.433 e. The Morgan fingerprint density at radius 1 is 1.44 bits per heavy atom. The maximum Gasteiger partial charge on any atom is 0.433 e. The number of esters is 1. The van der Waals surface area contributed by atoms with Crippen LogP contribution in [0.15, 0.2) is 12.1 Å². The van der Waals surface area contributed by atoms with Crippen LogP contribution in [-0.4, -0.2) is 18.1 Å². The number of aromatic nitrogens is 1. The highest BCUT2D eigenvalue weighted by Gasteiger charge is 2.34. The second kappa shape index (κ2) is 4.59. The van der Waals surface area contributed by atoms with Gasteiger partial charge in [-0.2, -0.15) is 13.2 Å². The zero-order valence-corrected chi connectivity index (χ0v) is 9.75. The number of ether oxygens (including phenoxy) is 1. The molecule has 1 heterocycles. The lowest BCUT2D eigenvalue weighted by molar-refractivity contribution is -0.146. The monoisotopic (exact) mass is 259 g/mol. The fourth-order valence-corrected chi connectivity index (χ4v) is 2.14. The van der Waals surface area contributed by atoms with Gasteiger partial charge in [0.05, 0.1) is 13.0 Å². The summed E-state index contributed by atoms with van der Waals surface area (Å²) in [7, 11) is 1.31. The van der Waals surface area contributed by atoms with Gasteiger partial charge in [-0.15, -0.1) is 0 Å². The summed E-state index contributed by atoms with van der Waals surface area (Å²) < 4.78 is 42.1. The highest BCUT2D eigenvalue weighted by molar-refractivity contribution is 5.73. The lowest BCUT2D eigenvalue weighted by Gasteiger charge is -2.22. The summed E-state index contributed by atoms with van der Waals surface area (Å²) in [4.78, 5) is 15.0. The molecule has 98 valence electrons. The van der Waals surface area contributed by atoms with Gasteiger partial charge in [-0.3, -0.25) is 4.79 Å². The van der Waals surface area contributed by atoms with Crippen molar-refractivity contribution in [2.45, 2.75) is 25.4 Å². The number of hydrogen-bond acceptors (Lipinski definition) is 3. The summed E-state index contributed by atoms with van der Waals surface area (Å²) in [5.41, 5.74) is 0.257. The van der Waals surface area contributed by atoms with Crippen LogP contribution in [0.2, 0.25) is 0 Å². The number of carbonyl (C=O) groups is 1. The summed E-state index contributed by atoms with van der Waals surface area (Å²) in [5, 5.41) is 0. The topological polar surface area (TPSA) is 39.2 Å². The number of hydrogen-bond donors (Lipinski definition) is 0. The molecule has 0 aromatic carbocycles. The largest absolute Gasteiger partial charge is 0.469 e. The normalized spacial score (nSPS) is 19.2. The van der Waals surface area contributed by atoms with Gasteiger partial charge in [-0.1, -0.05) is 6.07 Å². The second-order valence-corrected chi connectivity index (χ2v) is 4.26. The lowest BCUT2D eigenvalue weighted by atomic mass is 9.86. The number of halogens is 3. The highest BCUT2D eigenvalue weighted by Crippen LogP contribution is 2.31. The Hall–Kier alpha value is -1.59. The molecule has 0 radical (unpaired) electrons. The third-order valence-electron chi connectivity index (χ3n) is 3.09. The Morgan fingerprint density at radius 3 is 2.78 bits per heavy atom. The molecule has 1 unspecified atom stereocenters. The van der Waals surface area contributed by atoms with E-state index < -0.39 is 11.9 Å². The Bertz CT molecular complexity index is 471. The van der Waals surface area contributed by atoms with E-state index in [0.717, 1.165) is 6.07 Å². The van der Waals surface area contributed by atoms with Crippen LogP contribution >= 0.6 is 0 Å². The summed E-state index contributed by atoms with van der Waals surface area (Å²) in [6.45, 7) is 0. The van der Waals surface area contributed by atoms with Gasteiger partial charge in [0.25, 0.3) is 0 Å². The second-order valence-electron chi connectivity index (χ2n) is 4.26. The van der Waals surface area contributed by atoms with Gasteiger partial charge in [0.1, 0.15) is 5.69 Å². The number of alkyl halides is 3. The Labute approximate surface area is 102 Å². The van der Waals surface area contributed by atoms with Crippen molar-refractivity contribution in [3.8, 4) is 0 Å². The van der Waals surface area contributed by atoms with Crippen molar-refractivity contribution in [2.24, 2.45) is 5.92 Å². The zero-order chi connectivity index (χ0) is 13.3. The standard InChI is InChI=1S/C12H12F3NO2/c1-18-11(17)8-2-4-9-7(6-8)3-5-10(16-9)12(13,14)15/h3,5,8H,2,4,6H2,1H3. The first-order valence-corrected chi connectivity index (χ1v) is 5.55. The molecule has 1 atom stereocenters. The van der Waals surface area contributed by atoms with E-state index in [2.05, 4.69) is 9.72 Å². The molecule has 0 spiro atoms. The molecule has 18 heavy (non-hydrogen) atoms. The first-order chi connectivity index (χ1) is 8.41. The van der Waals surface area contributed by atoms with Gasteiger partial charge in [-0.05, 0) is 30.9 Å². The summed E-state index contributed by atoms with van der Waals surface area (Å²) >= 11 is 0. The minimum absolute atomic E-state index is 0.277. The fraction of sp³-hybridized carbons (Fsp3) is 0.500. The van der Waals surface area contributed by atoms with Crippen LogP contribution in [0.1, 0.15) is 23.4 Å². The van der Waals surface area contributed by atoms with Crippen LogP contribution in [0.3, 0.4) is 0 Å². The molecule has 1 aliphatic rings. The van der Waals surface area contributed by atoms with Crippen LogP contribution in [0.4, 0.5) is 13.2 Å². The van der Waals surface area contributed by atoms with E-state index in [9.17, 15) is 18.0 Å². The van der Waals surface area contributed by atoms with E-state index in [1.165, 1.54) is 13.2 Å². The molecule has 0 amide bonds. The summed E-state index contributed by atoms with van der Waals surface area (Å²) in [6.07, 6.45) is -3.17. The number of rotatable bonds is 1. The predicted molar refractivity (Wildman–Crippen MR) is 56.8 cm³/mol. The molecular weight excluding hydrogens is 247 g/mol. The number of nitrogens with zero attached hydrogens (tertiary/aromatic N) is 1. The molecule has 1 aromatic heterocycles. The molecule has 0 N–H and O–H groups in total. The van der Waals surface area contributed by atoms with Crippen molar-refractivity contribution in [1.29, 1.82) is 0 Å². The van der Waals surface area contributed by atoms with Crippen LogP contribution in [-0.2, 0) is 28.5 Å². The third-order valence-corrected chi connectivity index (χ3v) is 3.09. The molecule has 6 heteroatoms. The predicted octanol–water partition coefficient (Wildman–Crippen LogP) is 2.38. The number of aryl methyl sites for hydroxylation is 1. The van der Waals surface area contributed by atoms with Gasteiger partial charge < -0.3 is 4.74 Å². The SMILES string of the molecule is COC(=O)C1CCc2nc(C(F)(F)F)ccc2C1. The number of pyridine rings is 1. The van der Waals surface area contributed by atoms with Crippen molar-refractivity contribution in [3.63, 3.8) is 0 Å². The molecule has 0 aliphatic heterocycles. The first kappa shape index (κ1) is 12.9. The number of fused-ring (bicyclic) bond motifs is 1. The minimum Gasteiger partial charge on any atom is -0.469 e. The molecule has 0 fully saturated rings. The molecule has 0 saturated carbocycles. The average Bonchev–Trinajstić information content (AvgIpc) is 2.35. The Morgan fingerprint density at radius 2 is 2.17 bits per heavy atom. The van der Waals surface area contributed by atoms with Crippen molar-refractivity contribution < 1.29 is 22.7 Å². The van der Waals surface area contributed by atoms with Crippen LogP contribution in [0.25, 0.3) is 0 Å². The summed E-state index contributed by atoms with van der Waals surface area (Å²) in [5.74, 6) is -0.596. The van der Waals surface area contributed by atoms with Gasteiger partial charge in [0, 0.05) is 5.69 Å². The van der Waals surface area contributed by atoms with Crippen LogP contribution in [0.5, 0.6) is 0 Å². The molecule has 3 nitrogen and oxygen atoms in total. The van der Waals surface area contributed by atoms with E-state index in [1.54, 1.807) is 0 Å². The molecule has 1 aliphatic carbocycles. The highest BCUT2D eigenvalue weighted by atomic mass is 19.4.